The molecular formula is C14H24N2O2. The Bertz CT molecular complexity index is 356. The fraction of sp³-hybridized carbons (Fsp3) is 0.786. The van der Waals surface area contributed by atoms with Crippen LogP contribution in [0, 0.1) is 25.7 Å². The highest BCUT2D eigenvalue weighted by molar-refractivity contribution is 5.05. The first-order chi connectivity index (χ1) is 8.70. The second-order valence-electron chi connectivity index (χ2n) is 5.37. The Morgan fingerprint density at radius 3 is 2.61 bits per heavy atom. The van der Waals surface area contributed by atoms with Crippen molar-refractivity contribution in [1.82, 2.24) is 10.3 Å². The highest BCUT2D eigenvalue weighted by atomic mass is 16.4. The number of rotatable bonds is 5. The van der Waals surface area contributed by atoms with E-state index in [1.165, 1.54) is 25.7 Å². The number of aromatic nitrogens is 1. The minimum absolute atomic E-state index is 0.323. The number of hydrogen-bond donors (Lipinski definition) is 2. The van der Waals surface area contributed by atoms with E-state index in [0.29, 0.717) is 25.0 Å². The first-order valence-electron chi connectivity index (χ1n) is 6.95. The van der Waals surface area contributed by atoms with Crippen LogP contribution in [0.1, 0.15) is 43.0 Å². The summed E-state index contributed by atoms with van der Waals surface area (Å²) in [5.74, 6) is 2.74. The molecule has 1 saturated carbocycles. The molecule has 4 nitrogen and oxygen atoms in total. The summed E-state index contributed by atoms with van der Waals surface area (Å²) < 4.78 is 5.53. The molecule has 0 spiro atoms. The summed E-state index contributed by atoms with van der Waals surface area (Å²) in [6.45, 7) is 5.86. The van der Waals surface area contributed by atoms with E-state index in [9.17, 15) is 5.11 Å². The molecule has 1 aromatic heterocycles. The fourth-order valence-corrected chi connectivity index (χ4v) is 2.77. The predicted octanol–water partition coefficient (Wildman–Crippen LogP) is 2.18. The molecule has 2 rings (SSSR count). The molecule has 1 heterocycles. The van der Waals surface area contributed by atoms with Crippen molar-refractivity contribution in [3.8, 4) is 0 Å². The molecule has 2 unspecified atom stereocenters. The minimum atomic E-state index is 0.323. The second-order valence-corrected chi connectivity index (χ2v) is 5.37. The standard InChI is InChI=1S/C14H24N2O2/c1-10-11(2)18-14(16-10)8-15-7-12-5-3-4-6-13(12)9-17/h12-13,15,17H,3-9H2,1-2H3. The van der Waals surface area contributed by atoms with Gasteiger partial charge in [0.25, 0.3) is 0 Å². The second kappa shape index (κ2) is 6.34. The molecule has 1 aromatic rings. The molecule has 0 bridgehead atoms. The third kappa shape index (κ3) is 3.33. The van der Waals surface area contributed by atoms with Gasteiger partial charge in [-0.25, -0.2) is 4.98 Å². The van der Waals surface area contributed by atoms with Crippen molar-refractivity contribution >= 4 is 0 Å². The highest BCUT2D eigenvalue weighted by Crippen LogP contribution is 2.29. The van der Waals surface area contributed by atoms with Gasteiger partial charge in [-0.05, 0) is 45.1 Å². The Morgan fingerprint density at radius 2 is 2.00 bits per heavy atom. The Kier molecular flexibility index (Phi) is 4.78. The smallest absolute Gasteiger partial charge is 0.208 e. The van der Waals surface area contributed by atoms with Crippen LogP contribution in [0.2, 0.25) is 0 Å². The van der Waals surface area contributed by atoms with E-state index >= 15 is 0 Å². The SMILES string of the molecule is Cc1nc(CNCC2CCCCC2CO)oc1C. The van der Waals surface area contributed by atoms with Gasteiger partial charge in [-0.2, -0.15) is 0 Å². The Balaban J connectivity index is 1.77. The van der Waals surface area contributed by atoms with Crippen LogP contribution in [0.25, 0.3) is 0 Å². The van der Waals surface area contributed by atoms with Crippen LogP contribution in [0.5, 0.6) is 0 Å². The molecule has 1 aliphatic carbocycles. The highest BCUT2D eigenvalue weighted by Gasteiger charge is 2.23. The Hall–Kier alpha value is -0.870. The zero-order valence-corrected chi connectivity index (χ0v) is 11.4. The minimum Gasteiger partial charge on any atom is -0.444 e. The van der Waals surface area contributed by atoms with E-state index in [-0.39, 0.29) is 0 Å². The summed E-state index contributed by atoms with van der Waals surface area (Å²) in [4.78, 5) is 4.35. The van der Waals surface area contributed by atoms with Gasteiger partial charge in [-0.3, -0.25) is 0 Å². The van der Waals surface area contributed by atoms with E-state index in [2.05, 4.69) is 10.3 Å². The maximum atomic E-state index is 9.36. The van der Waals surface area contributed by atoms with E-state index < -0.39 is 0 Å². The van der Waals surface area contributed by atoms with Gasteiger partial charge in [0.2, 0.25) is 5.89 Å². The predicted molar refractivity (Wildman–Crippen MR) is 70.2 cm³/mol. The third-order valence-electron chi connectivity index (χ3n) is 4.06. The lowest BCUT2D eigenvalue weighted by Crippen LogP contribution is -2.32. The topological polar surface area (TPSA) is 58.3 Å². The molecule has 18 heavy (non-hydrogen) atoms. The van der Waals surface area contributed by atoms with Crippen LogP contribution in [0.3, 0.4) is 0 Å². The van der Waals surface area contributed by atoms with Gasteiger partial charge in [-0.15, -0.1) is 0 Å². The van der Waals surface area contributed by atoms with Crippen molar-refractivity contribution in [2.24, 2.45) is 11.8 Å². The number of oxazole rings is 1. The van der Waals surface area contributed by atoms with Gasteiger partial charge >= 0.3 is 0 Å². The van der Waals surface area contributed by atoms with E-state index in [4.69, 9.17) is 4.42 Å². The largest absolute Gasteiger partial charge is 0.444 e. The summed E-state index contributed by atoms with van der Waals surface area (Å²) >= 11 is 0. The van der Waals surface area contributed by atoms with Crippen molar-refractivity contribution < 1.29 is 9.52 Å². The lowest BCUT2D eigenvalue weighted by molar-refractivity contribution is 0.132. The maximum Gasteiger partial charge on any atom is 0.208 e. The van der Waals surface area contributed by atoms with Crippen molar-refractivity contribution in [2.75, 3.05) is 13.2 Å². The number of nitrogens with one attached hydrogen (secondary N) is 1. The Labute approximate surface area is 109 Å². The average Bonchev–Trinajstić information content (AvgIpc) is 2.69. The first-order valence-corrected chi connectivity index (χ1v) is 6.95. The number of aliphatic hydroxyl groups excluding tert-OH is 1. The van der Waals surface area contributed by atoms with Crippen molar-refractivity contribution in [1.29, 1.82) is 0 Å². The molecular weight excluding hydrogens is 228 g/mol. The molecule has 0 amide bonds. The molecule has 0 radical (unpaired) electrons. The third-order valence-corrected chi connectivity index (χ3v) is 4.06. The summed E-state index contributed by atoms with van der Waals surface area (Å²) in [5, 5.41) is 12.8. The number of nitrogens with zero attached hydrogens (tertiary/aromatic N) is 1. The van der Waals surface area contributed by atoms with E-state index in [1.54, 1.807) is 0 Å². The monoisotopic (exact) mass is 252 g/mol. The normalized spacial score (nSPS) is 24.4. The fourth-order valence-electron chi connectivity index (χ4n) is 2.77. The number of hydrogen-bond acceptors (Lipinski definition) is 4. The van der Waals surface area contributed by atoms with Crippen LogP contribution in [-0.4, -0.2) is 23.2 Å². The molecule has 2 N–H and O–H groups in total. The zero-order valence-electron chi connectivity index (χ0n) is 11.4. The lowest BCUT2D eigenvalue weighted by atomic mass is 9.79. The molecule has 1 fully saturated rings. The van der Waals surface area contributed by atoms with Gasteiger partial charge in [0.15, 0.2) is 0 Å². The average molecular weight is 252 g/mol. The van der Waals surface area contributed by atoms with Crippen molar-refractivity contribution in [3.05, 3.63) is 17.3 Å². The zero-order chi connectivity index (χ0) is 13.0. The molecule has 2 atom stereocenters. The van der Waals surface area contributed by atoms with Crippen LogP contribution in [0.15, 0.2) is 4.42 Å². The molecule has 0 aromatic carbocycles. The quantitative estimate of drug-likeness (QED) is 0.843. The summed E-state index contributed by atoms with van der Waals surface area (Å²) in [7, 11) is 0. The molecule has 1 aliphatic rings. The summed E-state index contributed by atoms with van der Waals surface area (Å²) in [5.41, 5.74) is 0.970. The van der Waals surface area contributed by atoms with Crippen LogP contribution < -0.4 is 5.32 Å². The van der Waals surface area contributed by atoms with Crippen molar-refractivity contribution in [3.63, 3.8) is 0 Å². The van der Waals surface area contributed by atoms with Crippen LogP contribution in [-0.2, 0) is 6.54 Å². The Morgan fingerprint density at radius 1 is 1.28 bits per heavy atom. The maximum absolute atomic E-state index is 9.36. The molecule has 102 valence electrons. The number of aryl methyl sites for hydroxylation is 2. The molecule has 0 aliphatic heterocycles. The van der Waals surface area contributed by atoms with Gasteiger partial charge in [0.1, 0.15) is 5.76 Å². The first kappa shape index (κ1) is 13.6. The van der Waals surface area contributed by atoms with Crippen LogP contribution in [0.4, 0.5) is 0 Å². The molecule has 4 heteroatoms. The van der Waals surface area contributed by atoms with E-state index in [1.807, 2.05) is 13.8 Å². The lowest BCUT2D eigenvalue weighted by Gasteiger charge is -2.30. The molecule has 0 saturated heterocycles. The summed E-state index contributed by atoms with van der Waals surface area (Å²) in [6, 6.07) is 0. The summed E-state index contributed by atoms with van der Waals surface area (Å²) in [6.07, 6.45) is 4.95. The van der Waals surface area contributed by atoms with Gasteiger partial charge in [0.05, 0.1) is 12.2 Å². The van der Waals surface area contributed by atoms with Crippen LogP contribution >= 0.6 is 0 Å². The van der Waals surface area contributed by atoms with Gasteiger partial charge < -0.3 is 14.8 Å². The van der Waals surface area contributed by atoms with E-state index in [0.717, 1.165) is 23.9 Å². The number of aliphatic hydroxyl groups is 1. The van der Waals surface area contributed by atoms with Gasteiger partial charge in [0, 0.05) is 6.61 Å². The van der Waals surface area contributed by atoms with Gasteiger partial charge in [-0.1, -0.05) is 12.8 Å². The van der Waals surface area contributed by atoms with Crippen molar-refractivity contribution in [2.45, 2.75) is 46.1 Å².